The number of thiocarbonyl (C=S) groups is 1. The smallest absolute Gasteiger partial charge is 0.140 e. The first-order valence-electron chi connectivity index (χ1n) is 3.00. The number of phenols is 1. The maximum Gasteiger partial charge on any atom is 0.140 e. The van der Waals surface area contributed by atoms with E-state index in [4.69, 9.17) is 29.6 Å². The molecule has 64 valence electrons. The molecule has 0 bridgehead atoms. The van der Waals surface area contributed by atoms with Crippen LogP contribution in [0.2, 0.25) is 5.02 Å². The predicted octanol–water partition coefficient (Wildman–Crippen LogP) is 2.44. The van der Waals surface area contributed by atoms with Crippen LogP contribution in [0.15, 0.2) is 16.6 Å². The molecule has 0 saturated heterocycles. The second-order valence-electron chi connectivity index (χ2n) is 2.15. The highest BCUT2D eigenvalue weighted by Crippen LogP contribution is 2.31. The summed E-state index contributed by atoms with van der Waals surface area (Å²) in [6.07, 6.45) is 0. The van der Waals surface area contributed by atoms with Crippen LogP contribution < -0.4 is 5.73 Å². The van der Waals surface area contributed by atoms with E-state index in [1.807, 2.05) is 0 Å². The van der Waals surface area contributed by atoms with Crippen molar-refractivity contribution in [1.82, 2.24) is 0 Å². The van der Waals surface area contributed by atoms with Crippen LogP contribution >= 0.6 is 39.7 Å². The topological polar surface area (TPSA) is 46.2 Å². The number of hydrogen-bond acceptors (Lipinski definition) is 2. The lowest BCUT2D eigenvalue weighted by Gasteiger charge is -2.04. The number of rotatable bonds is 1. The molecule has 1 aromatic carbocycles. The molecule has 3 N–H and O–H groups in total. The molecular weight excluding hydrogens is 262 g/mol. The monoisotopic (exact) mass is 265 g/mol. The van der Waals surface area contributed by atoms with Crippen LogP contribution in [0, 0.1) is 0 Å². The van der Waals surface area contributed by atoms with Gasteiger partial charge >= 0.3 is 0 Å². The summed E-state index contributed by atoms with van der Waals surface area (Å²) in [5, 5.41) is 9.89. The van der Waals surface area contributed by atoms with Gasteiger partial charge in [-0.15, -0.1) is 0 Å². The van der Waals surface area contributed by atoms with Gasteiger partial charge in [-0.1, -0.05) is 23.8 Å². The third-order valence-corrected chi connectivity index (χ3v) is 2.34. The van der Waals surface area contributed by atoms with Crippen LogP contribution in [0.3, 0.4) is 0 Å². The van der Waals surface area contributed by atoms with Crippen LogP contribution in [0.25, 0.3) is 0 Å². The number of nitrogens with two attached hydrogens (primary N) is 1. The van der Waals surface area contributed by atoms with E-state index in [2.05, 4.69) is 15.9 Å². The van der Waals surface area contributed by atoms with Crippen molar-refractivity contribution >= 4 is 44.7 Å². The van der Waals surface area contributed by atoms with Gasteiger partial charge in [0.15, 0.2) is 0 Å². The minimum atomic E-state index is 0.0203. The average molecular weight is 267 g/mol. The van der Waals surface area contributed by atoms with E-state index in [9.17, 15) is 5.11 Å². The van der Waals surface area contributed by atoms with E-state index in [1.165, 1.54) is 6.07 Å². The first-order chi connectivity index (χ1) is 5.52. The second-order valence-corrected chi connectivity index (χ2v) is 3.88. The Morgan fingerprint density at radius 3 is 2.67 bits per heavy atom. The average Bonchev–Trinajstić information content (AvgIpc) is 1.96. The van der Waals surface area contributed by atoms with Gasteiger partial charge < -0.3 is 10.8 Å². The molecule has 0 aliphatic heterocycles. The first-order valence-corrected chi connectivity index (χ1v) is 4.58. The van der Waals surface area contributed by atoms with Crippen LogP contribution in [0.5, 0.6) is 5.75 Å². The molecule has 1 aromatic rings. The molecule has 0 amide bonds. The molecule has 0 atom stereocenters. The van der Waals surface area contributed by atoms with Crippen molar-refractivity contribution in [3.63, 3.8) is 0 Å². The summed E-state index contributed by atoms with van der Waals surface area (Å²) in [5.41, 5.74) is 5.72. The summed E-state index contributed by atoms with van der Waals surface area (Å²) in [7, 11) is 0. The zero-order valence-electron chi connectivity index (χ0n) is 5.84. The Balaban J connectivity index is 3.37. The van der Waals surface area contributed by atoms with Gasteiger partial charge in [-0.3, -0.25) is 0 Å². The minimum Gasteiger partial charge on any atom is -0.506 e. The molecule has 0 radical (unpaired) electrons. The van der Waals surface area contributed by atoms with Gasteiger partial charge in [0, 0.05) is 5.02 Å². The molecule has 0 aromatic heterocycles. The van der Waals surface area contributed by atoms with E-state index in [0.29, 0.717) is 15.1 Å². The van der Waals surface area contributed by atoms with Crippen LogP contribution in [0.1, 0.15) is 5.56 Å². The van der Waals surface area contributed by atoms with Gasteiger partial charge in [-0.25, -0.2) is 0 Å². The number of aromatic hydroxyl groups is 1. The maximum absolute atomic E-state index is 9.42. The molecule has 0 fully saturated rings. The number of hydrogen-bond donors (Lipinski definition) is 2. The quantitative estimate of drug-likeness (QED) is 0.768. The molecule has 0 heterocycles. The fraction of sp³-hybridized carbons (Fsp3) is 0. The lowest BCUT2D eigenvalue weighted by atomic mass is 10.2. The Morgan fingerprint density at radius 1 is 1.58 bits per heavy atom. The maximum atomic E-state index is 9.42. The van der Waals surface area contributed by atoms with Crippen LogP contribution in [0.4, 0.5) is 0 Å². The van der Waals surface area contributed by atoms with Gasteiger partial charge in [0.2, 0.25) is 0 Å². The van der Waals surface area contributed by atoms with Crippen molar-refractivity contribution in [2.45, 2.75) is 0 Å². The van der Waals surface area contributed by atoms with Crippen molar-refractivity contribution in [1.29, 1.82) is 0 Å². The molecule has 0 saturated carbocycles. The highest BCUT2D eigenvalue weighted by Gasteiger charge is 2.08. The fourth-order valence-electron chi connectivity index (χ4n) is 0.754. The largest absolute Gasteiger partial charge is 0.506 e. The zero-order chi connectivity index (χ0) is 9.30. The van der Waals surface area contributed by atoms with Crippen molar-refractivity contribution in [2.75, 3.05) is 0 Å². The summed E-state index contributed by atoms with van der Waals surface area (Å²) in [4.78, 5) is 0.121. The van der Waals surface area contributed by atoms with Crippen molar-refractivity contribution in [3.8, 4) is 5.75 Å². The van der Waals surface area contributed by atoms with Gasteiger partial charge in [0.1, 0.15) is 10.7 Å². The molecule has 1 rings (SSSR count). The summed E-state index contributed by atoms with van der Waals surface area (Å²) < 4.78 is 0.484. The Hall–Kier alpha value is -0.320. The SMILES string of the molecule is NC(=S)c1cc(Cl)cc(Br)c1O. The zero-order valence-corrected chi connectivity index (χ0v) is 9.00. The summed E-state index contributed by atoms with van der Waals surface area (Å²) in [6.45, 7) is 0. The molecule has 5 heteroatoms. The van der Waals surface area contributed by atoms with Crippen molar-refractivity contribution in [2.24, 2.45) is 5.73 Å². The lowest BCUT2D eigenvalue weighted by molar-refractivity contribution is 0.471. The Morgan fingerprint density at radius 2 is 2.17 bits per heavy atom. The van der Waals surface area contributed by atoms with E-state index in [-0.39, 0.29) is 10.7 Å². The van der Waals surface area contributed by atoms with Crippen molar-refractivity contribution in [3.05, 3.63) is 27.2 Å². The standard InChI is InChI=1S/C7H5BrClNOS/c8-5-2-3(9)1-4(6(5)11)7(10)12/h1-2,11H,(H2,10,12). The molecule has 0 spiro atoms. The van der Waals surface area contributed by atoms with Crippen LogP contribution in [-0.4, -0.2) is 10.1 Å². The van der Waals surface area contributed by atoms with Gasteiger partial charge in [0.05, 0.1) is 10.0 Å². The first kappa shape index (κ1) is 9.77. The van der Waals surface area contributed by atoms with Crippen molar-refractivity contribution < 1.29 is 5.11 Å². The molecule has 0 unspecified atom stereocenters. The predicted molar refractivity (Wildman–Crippen MR) is 56.7 cm³/mol. The second kappa shape index (κ2) is 3.60. The van der Waals surface area contributed by atoms with E-state index >= 15 is 0 Å². The van der Waals surface area contributed by atoms with E-state index in [0.717, 1.165) is 0 Å². The normalized spacial score (nSPS) is 9.83. The summed E-state index contributed by atoms with van der Waals surface area (Å²) >= 11 is 13.5. The molecular formula is C7H5BrClNOS. The summed E-state index contributed by atoms with van der Waals surface area (Å²) in [6, 6.07) is 3.09. The number of halogens is 2. The van der Waals surface area contributed by atoms with Gasteiger partial charge in [-0.05, 0) is 28.1 Å². The Labute approximate surface area is 88.5 Å². The third kappa shape index (κ3) is 1.88. The highest BCUT2D eigenvalue weighted by molar-refractivity contribution is 9.10. The van der Waals surface area contributed by atoms with E-state index < -0.39 is 0 Å². The van der Waals surface area contributed by atoms with Gasteiger partial charge in [0.25, 0.3) is 0 Å². The fourth-order valence-corrected chi connectivity index (χ4v) is 1.72. The molecule has 12 heavy (non-hydrogen) atoms. The molecule has 2 nitrogen and oxygen atoms in total. The van der Waals surface area contributed by atoms with Gasteiger partial charge in [-0.2, -0.15) is 0 Å². The third-order valence-electron chi connectivity index (χ3n) is 1.29. The Bertz CT molecular complexity index is 342. The summed E-state index contributed by atoms with van der Waals surface area (Å²) in [5.74, 6) is 0.0203. The Kier molecular flexibility index (Phi) is 2.93. The van der Waals surface area contributed by atoms with Crippen LogP contribution in [-0.2, 0) is 0 Å². The number of phenolic OH excluding ortho intramolecular Hbond substituents is 1. The lowest BCUT2D eigenvalue weighted by Crippen LogP contribution is -2.09. The molecule has 0 aliphatic carbocycles. The van der Waals surface area contributed by atoms with E-state index in [1.54, 1.807) is 6.07 Å². The number of benzene rings is 1. The highest BCUT2D eigenvalue weighted by atomic mass is 79.9. The minimum absolute atomic E-state index is 0.0203. The molecule has 0 aliphatic rings.